The number of aromatic nitrogens is 1. The predicted molar refractivity (Wildman–Crippen MR) is 99.1 cm³/mol. The molecule has 0 bridgehead atoms. The fourth-order valence-electron chi connectivity index (χ4n) is 2.86. The number of hydrogen-bond donors (Lipinski definition) is 1. The first-order valence-corrected chi connectivity index (χ1v) is 8.52. The number of ether oxygens (including phenoxy) is 1. The summed E-state index contributed by atoms with van der Waals surface area (Å²) in [6.45, 7) is 2.74. The molecule has 0 saturated heterocycles. The molecule has 0 aliphatic rings. The molecule has 1 heterocycles. The van der Waals surface area contributed by atoms with Crippen molar-refractivity contribution in [3.05, 3.63) is 92.7 Å². The van der Waals surface area contributed by atoms with Gasteiger partial charge in [-0.1, -0.05) is 0 Å². The van der Waals surface area contributed by atoms with Crippen molar-refractivity contribution in [1.29, 1.82) is 0 Å². The minimum Gasteiger partial charge on any atom is -0.488 e. The van der Waals surface area contributed by atoms with Crippen molar-refractivity contribution in [2.24, 2.45) is 0 Å². The van der Waals surface area contributed by atoms with Gasteiger partial charge in [0, 0.05) is 23.4 Å². The van der Waals surface area contributed by atoms with E-state index in [9.17, 15) is 22.8 Å². The summed E-state index contributed by atoms with van der Waals surface area (Å²) < 4.78 is 47.6. The van der Waals surface area contributed by atoms with Crippen LogP contribution in [0.2, 0.25) is 0 Å². The molecule has 0 amide bonds. The van der Waals surface area contributed by atoms with Gasteiger partial charge in [0.1, 0.15) is 29.8 Å². The lowest BCUT2D eigenvalue weighted by atomic mass is 10.1. The van der Waals surface area contributed by atoms with Gasteiger partial charge in [-0.15, -0.1) is 0 Å². The Morgan fingerprint density at radius 1 is 1.03 bits per heavy atom. The number of nitrogens with zero attached hydrogens (tertiary/aromatic N) is 1. The van der Waals surface area contributed by atoms with Crippen molar-refractivity contribution < 1.29 is 27.8 Å². The van der Waals surface area contributed by atoms with E-state index >= 15 is 0 Å². The first-order chi connectivity index (χ1) is 13.7. The van der Waals surface area contributed by atoms with Crippen LogP contribution in [0.5, 0.6) is 5.75 Å². The molecule has 0 saturated carbocycles. The lowest BCUT2D eigenvalue weighted by molar-refractivity contribution is 0.0696. The van der Waals surface area contributed by atoms with Gasteiger partial charge in [0.2, 0.25) is 0 Å². The third kappa shape index (κ3) is 4.01. The minimum atomic E-state index is -1.25. The molecular weight excluding hydrogens is 387 g/mol. The number of halogens is 3. The molecule has 1 N–H and O–H groups in total. The molecule has 150 valence electrons. The average Bonchev–Trinajstić information content (AvgIpc) is 2.66. The van der Waals surface area contributed by atoms with Crippen molar-refractivity contribution >= 4 is 5.97 Å². The Hall–Kier alpha value is -3.55. The zero-order valence-corrected chi connectivity index (χ0v) is 15.5. The van der Waals surface area contributed by atoms with E-state index in [1.54, 1.807) is 0 Å². The Morgan fingerprint density at radius 3 is 2.41 bits per heavy atom. The van der Waals surface area contributed by atoms with Crippen LogP contribution in [-0.2, 0) is 6.61 Å². The van der Waals surface area contributed by atoms with Gasteiger partial charge in [0.05, 0.1) is 16.8 Å². The van der Waals surface area contributed by atoms with E-state index in [0.29, 0.717) is 0 Å². The standard InChI is InChI=1S/C21H16F3NO4/c1-11-7-19(29-10-14-3-5-15(22)9-17(14)24)12(2)20(26)25(11)18-8-13(21(27)28)4-6-16(18)23/h3-9H,10H2,1-2H3,(H,27,28). The molecule has 0 spiro atoms. The lowest BCUT2D eigenvalue weighted by Gasteiger charge is -2.16. The molecule has 5 nitrogen and oxygen atoms in total. The van der Waals surface area contributed by atoms with Crippen LogP contribution in [0.25, 0.3) is 5.69 Å². The van der Waals surface area contributed by atoms with Crippen LogP contribution in [-0.4, -0.2) is 15.6 Å². The fraction of sp³-hybridized carbons (Fsp3) is 0.143. The van der Waals surface area contributed by atoms with Crippen molar-refractivity contribution in [3.63, 3.8) is 0 Å². The molecule has 3 aromatic rings. The quantitative estimate of drug-likeness (QED) is 0.695. The average molecular weight is 403 g/mol. The highest BCUT2D eigenvalue weighted by molar-refractivity contribution is 5.88. The van der Waals surface area contributed by atoms with E-state index in [0.717, 1.165) is 34.9 Å². The van der Waals surface area contributed by atoms with Crippen LogP contribution < -0.4 is 10.3 Å². The molecule has 1 aromatic heterocycles. The topological polar surface area (TPSA) is 68.5 Å². The Bertz CT molecular complexity index is 1170. The highest BCUT2D eigenvalue weighted by Gasteiger charge is 2.17. The maximum Gasteiger partial charge on any atom is 0.335 e. The van der Waals surface area contributed by atoms with E-state index in [2.05, 4.69) is 0 Å². The number of carboxylic acid groups (broad SMARTS) is 1. The Labute approximate surface area is 163 Å². The number of aromatic carboxylic acids is 1. The summed E-state index contributed by atoms with van der Waals surface area (Å²) in [5.41, 5.74) is -0.465. The van der Waals surface area contributed by atoms with Gasteiger partial charge in [0.15, 0.2) is 0 Å². The van der Waals surface area contributed by atoms with E-state index in [1.807, 2.05) is 0 Å². The number of aryl methyl sites for hydroxylation is 1. The van der Waals surface area contributed by atoms with Crippen LogP contribution in [0.3, 0.4) is 0 Å². The number of benzene rings is 2. The van der Waals surface area contributed by atoms with E-state index in [4.69, 9.17) is 9.84 Å². The van der Waals surface area contributed by atoms with E-state index in [1.165, 1.54) is 26.0 Å². The summed E-state index contributed by atoms with van der Waals surface area (Å²) in [5.74, 6) is -3.36. The summed E-state index contributed by atoms with van der Waals surface area (Å²) >= 11 is 0. The second-order valence-electron chi connectivity index (χ2n) is 6.41. The van der Waals surface area contributed by atoms with Crippen molar-refractivity contribution in [3.8, 4) is 11.4 Å². The van der Waals surface area contributed by atoms with Gasteiger partial charge >= 0.3 is 5.97 Å². The highest BCUT2D eigenvalue weighted by Crippen LogP contribution is 2.23. The van der Waals surface area contributed by atoms with Crippen molar-refractivity contribution in [2.45, 2.75) is 20.5 Å². The smallest absolute Gasteiger partial charge is 0.335 e. The zero-order chi connectivity index (χ0) is 21.3. The predicted octanol–water partition coefficient (Wildman–Crippen LogP) is 4.15. The Kier molecular flexibility index (Phi) is 5.45. The lowest BCUT2D eigenvalue weighted by Crippen LogP contribution is -2.24. The summed E-state index contributed by atoms with van der Waals surface area (Å²) in [6, 6.07) is 7.67. The van der Waals surface area contributed by atoms with Crippen molar-refractivity contribution in [2.75, 3.05) is 0 Å². The summed E-state index contributed by atoms with van der Waals surface area (Å²) in [6.07, 6.45) is 0. The number of rotatable bonds is 5. The molecule has 29 heavy (non-hydrogen) atoms. The van der Waals surface area contributed by atoms with Gasteiger partial charge in [0.25, 0.3) is 5.56 Å². The Morgan fingerprint density at radius 2 is 1.76 bits per heavy atom. The first-order valence-electron chi connectivity index (χ1n) is 8.52. The monoisotopic (exact) mass is 403 g/mol. The SMILES string of the molecule is Cc1c(OCc2ccc(F)cc2F)cc(C)n(-c2cc(C(=O)O)ccc2F)c1=O. The largest absolute Gasteiger partial charge is 0.488 e. The number of hydrogen-bond acceptors (Lipinski definition) is 3. The van der Waals surface area contributed by atoms with Crippen LogP contribution in [0.1, 0.15) is 27.2 Å². The molecule has 8 heteroatoms. The minimum absolute atomic E-state index is 0.104. The Balaban J connectivity index is 2.00. The van der Waals surface area contributed by atoms with Gasteiger partial charge in [-0.05, 0) is 44.2 Å². The van der Waals surface area contributed by atoms with Gasteiger partial charge in [-0.25, -0.2) is 18.0 Å². The number of carbonyl (C=O) groups is 1. The molecule has 0 unspecified atom stereocenters. The molecule has 0 aliphatic heterocycles. The molecule has 0 fully saturated rings. The molecular formula is C21H16F3NO4. The van der Waals surface area contributed by atoms with Crippen LogP contribution in [0.4, 0.5) is 13.2 Å². The highest BCUT2D eigenvalue weighted by atomic mass is 19.1. The second kappa shape index (κ2) is 7.83. The molecule has 2 aromatic carbocycles. The van der Waals surface area contributed by atoms with Crippen molar-refractivity contribution in [1.82, 2.24) is 4.57 Å². The molecule has 0 atom stereocenters. The molecule has 0 aliphatic carbocycles. The third-order valence-corrected chi connectivity index (χ3v) is 4.42. The zero-order valence-electron chi connectivity index (χ0n) is 15.5. The van der Waals surface area contributed by atoms with Gasteiger partial charge in [-0.2, -0.15) is 0 Å². The fourth-order valence-corrected chi connectivity index (χ4v) is 2.86. The second-order valence-corrected chi connectivity index (χ2v) is 6.41. The third-order valence-electron chi connectivity index (χ3n) is 4.42. The van der Waals surface area contributed by atoms with E-state index < -0.39 is 29.0 Å². The summed E-state index contributed by atoms with van der Waals surface area (Å²) in [5, 5.41) is 9.12. The maximum atomic E-state index is 14.3. The molecule has 3 rings (SSSR count). The number of carboxylic acids is 1. The molecule has 0 radical (unpaired) electrons. The summed E-state index contributed by atoms with van der Waals surface area (Å²) in [4.78, 5) is 24.0. The maximum absolute atomic E-state index is 14.3. The summed E-state index contributed by atoms with van der Waals surface area (Å²) in [7, 11) is 0. The van der Waals surface area contributed by atoms with E-state index in [-0.39, 0.29) is 40.4 Å². The normalized spacial score (nSPS) is 10.8. The number of pyridine rings is 1. The van der Waals surface area contributed by atoms with Crippen LogP contribution in [0, 0.1) is 31.3 Å². The van der Waals surface area contributed by atoms with Crippen LogP contribution >= 0.6 is 0 Å². The first kappa shape index (κ1) is 20.2. The van der Waals surface area contributed by atoms with Gasteiger partial charge in [-0.3, -0.25) is 9.36 Å². The van der Waals surface area contributed by atoms with Gasteiger partial charge < -0.3 is 9.84 Å². The van der Waals surface area contributed by atoms with Crippen LogP contribution in [0.15, 0.2) is 47.3 Å².